The highest BCUT2D eigenvalue weighted by molar-refractivity contribution is 6.76. The van der Waals surface area contributed by atoms with Crippen molar-refractivity contribution in [1.82, 2.24) is 5.32 Å². The van der Waals surface area contributed by atoms with E-state index in [1.165, 1.54) is 6.08 Å². The monoisotopic (exact) mass is 489 g/mol. The van der Waals surface area contributed by atoms with Crippen molar-refractivity contribution in [2.45, 2.75) is 61.1 Å². The smallest absolute Gasteiger partial charge is 0.303 e. The first-order valence-electron chi connectivity index (χ1n) is 8.57. The lowest BCUT2D eigenvalue weighted by Crippen LogP contribution is -2.72. The Balaban J connectivity index is 3.47. The molecule has 0 saturated carbocycles. The summed E-state index contributed by atoms with van der Waals surface area (Å²) in [6.07, 6.45) is -3.20. The fourth-order valence-electron chi connectivity index (χ4n) is 2.85. The summed E-state index contributed by atoms with van der Waals surface area (Å²) < 4.78 is 18.5. The summed E-state index contributed by atoms with van der Waals surface area (Å²) in [7, 11) is 0. The molecule has 170 valence electrons. The standard InChI is InChI=1S/C17H22Cl3NO9/c1-5-6-16(26)14(21-15(25)17(18,19)20)13(29-10(4)24)12(28-9(3)23)11(30-16)7-27-8(2)22/h5,11-14,26H,1,6-7H2,2-4H3,(H,21,25)/t11-,12-,13+,14-,16+/m1/s1. The molecule has 30 heavy (non-hydrogen) atoms. The van der Waals surface area contributed by atoms with E-state index < -0.39 is 64.4 Å². The van der Waals surface area contributed by atoms with Crippen molar-refractivity contribution in [3.63, 3.8) is 0 Å². The molecular formula is C17H22Cl3NO9. The van der Waals surface area contributed by atoms with E-state index in [2.05, 4.69) is 11.9 Å². The largest absolute Gasteiger partial charge is 0.463 e. The molecule has 5 atom stereocenters. The molecule has 1 fully saturated rings. The molecule has 0 unspecified atom stereocenters. The minimum absolute atomic E-state index is 0.293. The summed E-state index contributed by atoms with van der Waals surface area (Å²) in [5, 5.41) is 13.4. The van der Waals surface area contributed by atoms with E-state index in [1.807, 2.05) is 0 Å². The molecule has 1 aliphatic heterocycles. The van der Waals surface area contributed by atoms with Gasteiger partial charge in [-0.05, 0) is 0 Å². The molecule has 1 saturated heterocycles. The second-order valence-corrected chi connectivity index (χ2v) is 8.67. The lowest BCUT2D eigenvalue weighted by molar-refractivity contribution is -0.319. The van der Waals surface area contributed by atoms with Crippen LogP contribution in [-0.2, 0) is 38.1 Å². The lowest BCUT2D eigenvalue weighted by atomic mass is 9.87. The third-order valence-electron chi connectivity index (χ3n) is 3.90. The molecule has 10 nitrogen and oxygen atoms in total. The molecule has 0 aromatic rings. The van der Waals surface area contributed by atoms with E-state index in [1.54, 1.807) is 0 Å². The van der Waals surface area contributed by atoms with Gasteiger partial charge in [-0.2, -0.15) is 0 Å². The molecule has 0 aromatic carbocycles. The first kappa shape index (κ1) is 26.4. The number of ether oxygens (including phenoxy) is 4. The summed E-state index contributed by atoms with van der Waals surface area (Å²) in [4.78, 5) is 46.9. The normalized spacial score (nSPS) is 28.8. The van der Waals surface area contributed by atoms with Crippen LogP contribution < -0.4 is 5.32 Å². The fourth-order valence-corrected chi connectivity index (χ4v) is 3.01. The van der Waals surface area contributed by atoms with Crippen LogP contribution in [0.15, 0.2) is 12.7 Å². The van der Waals surface area contributed by atoms with Crippen LogP contribution in [0.2, 0.25) is 0 Å². The van der Waals surface area contributed by atoms with Gasteiger partial charge in [0, 0.05) is 27.2 Å². The minimum atomic E-state index is -2.43. The lowest BCUT2D eigenvalue weighted by Gasteiger charge is -2.49. The van der Waals surface area contributed by atoms with E-state index in [4.69, 9.17) is 53.8 Å². The maximum Gasteiger partial charge on any atom is 0.303 e. The molecule has 0 aliphatic carbocycles. The van der Waals surface area contributed by atoms with Gasteiger partial charge in [0.05, 0.1) is 0 Å². The molecule has 2 N–H and O–H groups in total. The van der Waals surface area contributed by atoms with Crippen LogP contribution >= 0.6 is 34.8 Å². The first-order valence-corrected chi connectivity index (χ1v) is 9.71. The van der Waals surface area contributed by atoms with E-state index in [0.717, 1.165) is 20.8 Å². The van der Waals surface area contributed by atoms with Crippen molar-refractivity contribution >= 4 is 58.6 Å². The van der Waals surface area contributed by atoms with Gasteiger partial charge in [0.1, 0.15) is 18.8 Å². The van der Waals surface area contributed by atoms with Gasteiger partial charge in [0.15, 0.2) is 18.0 Å². The molecule has 0 aromatic heterocycles. The van der Waals surface area contributed by atoms with Crippen molar-refractivity contribution in [3.8, 4) is 0 Å². The highest BCUT2D eigenvalue weighted by Gasteiger charge is 2.58. The third kappa shape index (κ3) is 7.28. The third-order valence-corrected chi connectivity index (χ3v) is 4.41. The van der Waals surface area contributed by atoms with Crippen LogP contribution in [0, 0.1) is 0 Å². The first-order chi connectivity index (χ1) is 13.7. The van der Waals surface area contributed by atoms with Crippen LogP contribution in [0.3, 0.4) is 0 Å². The zero-order chi connectivity index (χ0) is 23.3. The maximum absolute atomic E-state index is 12.3. The van der Waals surface area contributed by atoms with Gasteiger partial charge >= 0.3 is 17.9 Å². The SMILES string of the molecule is C=CC[C@]1(O)O[C@H](COC(C)=O)[C@@H](OC(C)=O)[C@H](OC(C)=O)[C@H]1NC(=O)C(Cl)(Cl)Cl. The predicted molar refractivity (Wildman–Crippen MR) is 105 cm³/mol. The number of aliphatic hydroxyl groups is 1. The highest BCUT2D eigenvalue weighted by Crippen LogP contribution is 2.36. The highest BCUT2D eigenvalue weighted by atomic mass is 35.6. The van der Waals surface area contributed by atoms with E-state index in [-0.39, 0.29) is 6.42 Å². The number of halogens is 3. The van der Waals surface area contributed by atoms with Crippen LogP contribution in [0.25, 0.3) is 0 Å². The Labute approximate surface area is 187 Å². The molecule has 1 rings (SSSR count). The summed E-state index contributed by atoms with van der Waals surface area (Å²) in [6.45, 7) is 6.31. The van der Waals surface area contributed by atoms with E-state index in [0.29, 0.717) is 0 Å². The Morgan fingerprint density at radius 3 is 2.07 bits per heavy atom. The average Bonchev–Trinajstić information content (AvgIpc) is 2.57. The zero-order valence-corrected chi connectivity index (χ0v) is 18.6. The molecule has 1 amide bonds. The fraction of sp³-hybridized carbons (Fsp3) is 0.647. The maximum atomic E-state index is 12.3. The van der Waals surface area contributed by atoms with Crippen LogP contribution in [0.5, 0.6) is 0 Å². The quantitative estimate of drug-likeness (QED) is 0.231. The van der Waals surface area contributed by atoms with Crippen molar-refractivity contribution in [1.29, 1.82) is 0 Å². The molecule has 0 spiro atoms. The summed E-state index contributed by atoms with van der Waals surface area (Å²) >= 11 is 16.8. The van der Waals surface area contributed by atoms with Crippen LogP contribution in [0.4, 0.5) is 0 Å². The number of hydrogen-bond donors (Lipinski definition) is 2. The van der Waals surface area contributed by atoms with Crippen molar-refractivity contribution in [3.05, 3.63) is 12.7 Å². The molecule has 0 radical (unpaired) electrons. The number of hydrogen-bond acceptors (Lipinski definition) is 9. The van der Waals surface area contributed by atoms with Gasteiger partial charge in [0.25, 0.3) is 9.70 Å². The molecule has 1 aliphatic rings. The molecule has 1 heterocycles. The van der Waals surface area contributed by atoms with Crippen molar-refractivity contribution < 1.29 is 43.2 Å². The number of alkyl halides is 3. The number of rotatable bonds is 7. The van der Waals surface area contributed by atoms with Crippen molar-refractivity contribution in [2.75, 3.05) is 6.61 Å². The Kier molecular flexibility index (Phi) is 9.37. The number of esters is 3. The average molecular weight is 491 g/mol. The molecule has 0 bridgehead atoms. The van der Waals surface area contributed by atoms with Gasteiger partial charge in [-0.25, -0.2) is 0 Å². The van der Waals surface area contributed by atoms with Crippen LogP contribution in [-0.4, -0.2) is 69.5 Å². The topological polar surface area (TPSA) is 137 Å². The summed E-state index contributed by atoms with van der Waals surface area (Å²) in [6, 6.07) is -1.56. The molecule has 13 heteroatoms. The Bertz CT molecular complexity index is 696. The van der Waals surface area contributed by atoms with Gasteiger partial charge in [-0.15, -0.1) is 6.58 Å². The molecular weight excluding hydrogens is 469 g/mol. The summed E-state index contributed by atoms with van der Waals surface area (Å²) in [5.74, 6) is -5.73. The number of carbonyl (C=O) groups is 4. The predicted octanol–water partition coefficient (Wildman–Crippen LogP) is 0.931. The Morgan fingerprint density at radius 2 is 1.63 bits per heavy atom. The van der Waals surface area contributed by atoms with E-state index >= 15 is 0 Å². The van der Waals surface area contributed by atoms with Gasteiger partial charge < -0.3 is 29.4 Å². The number of amides is 1. The van der Waals surface area contributed by atoms with Crippen LogP contribution in [0.1, 0.15) is 27.2 Å². The van der Waals surface area contributed by atoms with Crippen molar-refractivity contribution in [2.24, 2.45) is 0 Å². The van der Waals surface area contributed by atoms with Gasteiger partial charge in [0.2, 0.25) is 0 Å². The van der Waals surface area contributed by atoms with Gasteiger partial charge in [-0.1, -0.05) is 40.9 Å². The Morgan fingerprint density at radius 1 is 1.10 bits per heavy atom. The second kappa shape index (κ2) is 10.6. The van der Waals surface area contributed by atoms with E-state index in [9.17, 15) is 24.3 Å². The number of carbonyl (C=O) groups excluding carboxylic acids is 4. The Hall–Kier alpha value is -1.59. The van der Waals surface area contributed by atoms with Gasteiger partial charge in [-0.3, -0.25) is 19.2 Å². The second-order valence-electron chi connectivity index (χ2n) is 6.39. The number of nitrogens with one attached hydrogen (secondary N) is 1. The zero-order valence-electron chi connectivity index (χ0n) is 16.4. The minimum Gasteiger partial charge on any atom is -0.463 e. The summed E-state index contributed by atoms with van der Waals surface area (Å²) in [5.41, 5.74) is 0.